The lowest BCUT2D eigenvalue weighted by molar-refractivity contribution is -0.144. The van der Waals surface area contributed by atoms with Gasteiger partial charge in [0.1, 0.15) is 11.9 Å². The number of rotatable bonds is 5. The van der Waals surface area contributed by atoms with Crippen LogP contribution in [0.5, 0.6) is 5.75 Å². The monoisotopic (exact) mass is 332 g/mol. The highest BCUT2D eigenvalue weighted by atomic mass is 16.7. The van der Waals surface area contributed by atoms with E-state index < -0.39 is 24.4 Å². The van der Waals surface area contributed by atoms with Crippen molar-refractivity contribution in [3.63, 3.8) is 0 Å². The first-order chi connectivity index (χ1) is 11.1. The molecule has 1 aromatic carbocycles. The van der Waals surface area contributed by atoms with Crippen LogP contribution >= 0.6 is 0 Å². The summed E-state index contributed by atoms with van der Waals surface area (Å²) in [5.41, 5.74) is 0.0386. The maximum absolute atomic E-state index is 11.4. The Balaban J connectivity index is 2.15. The molecule has 0 amide bonds. The normalized spacial score (nSPS) is 20.2. The zero-order valence-electron chi connectivity index (χ0n) is 15.2. The van der Waals surface area contributed by atoms with Gasteiger partial charge in [0, 0.05) is 6.92 Å². The van der Waals surface area contributed by atoms with Crippen molar-refractivity contribution in [1.29, 1.82) is 0 Å². The van der Waals surface area contributed by atoms with E-state index in [-0.39, 0.29) is 5.97 Å². The largest absolute Gasteiger partial charge is 0.497 e. The summed E-state index contributed by atoms with van der Waals surface area (Å²) in [6, 6.07) is 7.38. The third-order valence-electron chi connectivity index (χ3n) is 4.45. The van der Waals surface area contributed by atoms with Crippen LogP contribution in [0.4, 0.5) is 0 Å². The number of ether oxygens (including phenoxy) is 2. The van der Waals surface area contributed by atoms with Crippen molar-refractivity contribution in [2.75, 3.05) is 7.11 Å². The summed E-state index contributed by atoms with van der Waals surface area (Å²) >= 11 is 0. The highest BCUT2D eigenvalue weighted by molar-refractivity contribution is 6.51. The Labute approximate surface area is 144 Å². The fraction of sp³-hybridized carbons (Fsp3) is 0.500. The zero-order valence-corrected chi connectivity index (χ0v) is 15.2. The third-order valence-corrected chi connectivity index (χ3v) is 4.45. The predicted octanol–water partition coefficient (Wildman–Crippen LogP) is 3.49. The molecule has 1 unspecified atom stereocenters. The molecule has 2 rings (SSSR count). The number of hydrogen-bond acceptors (Lipinski definition) is 5. The van der Waals surface area contributed by atoms with Crippen LogP contribution in [0.2, 0.25) is 0 Å². The number of carbonyl (C=O) groups is 1. The molecule has 1 atom stereocenters. The smallest absolute Gasteiger partial charge is 0.486 e. The molecule has 0 aliphatic carbocycles. The Bertz CT molecular complexity index is 590. The van der Waals surface area contributed by atoms with Gasteiger partial charge in [0.15, 0.2) is 0 Å². The SMILES string of the molecule is COc1ccc(C(/C=C/B2OC(C)(C)C(C)(C)O2)OC(C)=O)cc1. The molecule has 0 bridgehead atoms. The fourth-order valence-corrected chi connectivity index (χ4v) is 2.35. The van der Waals surface area contributed by atoms with Crippen LogP contribution in [-0.2, 0) is 18.8 Å². The van der Waals surface area contributed by atoms with Gasteiger partial charge in [-0.05, 0) is 51.5 Å². The predicted molar refractivity (Wildman–Crippen MR) is 92.7 cm³/mol. The van der Waals surface area contributed by atoms with Gasteiger partial charge in [-0.25, -0.2) is 0 Å². The minimum absolute atomic E-state index is 0.352. The van der Waals surface area contributed by atoms with Gasteiger partial charge in [-0.1, -0.05) is 18.1 Å². The van der Waals surface area contributed by atoms with Crippen molar-refractivity contribution < 1.29 is 23.6 Å². The van der Waals surface area contributed by atoms with Crippen LogP contribution < -0.4 is 4.74 Å². The summed E-state index contributed by atoms with van der Waals surface area (Å²) in [6.07, 6.45) is 1.28. The van der Waals surface area contributed by atoms with Crippen molar-refractivity contribution in [2.24, 2.45) is 0 Å². The average Bonchev–Trinajstić information content (AvgIpc) is 2.71. The molecule has 1 fully saturated rings. The van der Waals surface area contributed by atoms with Crippen LogP contribution in [0, 0.1) is 0 Å². The molecule has 1 saturated heterocycles. The van der Waals surface area contributed by atoms with E-state index in [1.165, 1.54) is 6.92 Å². The number of esters is 1. The summed E-state index contributed by atoms with van der Waals surface area (Å²) in [5.74, 6) is 2.18. The zero-order chi connectivity index (χ0) is 18.0. The summed E-state index contributed by atoms with van der Waals surface area (Å²) in [5, 5.41) is 0. The molecule has 0 saturated carbocycles. The number of hydrogen-bond donors (Lipinski definition) is 0. The minimum atomic E-state index is -0.507. The lowest BCUT2D eigenvalue weighted by atomic mass is 9.88. The van der Waals surface area contributed by atoms with Crippen LogP contribution in [0.25, 0.3) is 0 Å². The Kier molecular flexibility index (Phi) is 5.40. The quantitative estimate of drug-likeness (QED) is 0.610. The Morgan fingerprint density at radius 1 is 1.12 bits per heavy atom. The van der Waals surface area contributed by atoms with Crippen molar-refractivity contribution in [3.05, 3.63) is 41.9 Å². The van der Waals surface area contributed by atoms with Crippen molar-refractivity contribution >= 4 is 13.1 Å². The van der Waals surface area contributed by atoms with Crippen molar-refractivity contribution in [1.82, 2.24) is 0 Å². The number of methoxy groups -OCH3 is 1. The Hall–Kier alpha value is -1.79. The maximum Gasteiger partial charge on any atom is 0.486 e. The van der Waals surface area contributed by atoms with Crippen LogP contribution in [0.3, 0.4) is 0 Å². The summed E-state index contributed by atoms with van der Waals surface area (Å²) < 4.78 is 22.4. The second kappa shape index (κ2) is 6.99. The van der Waals surface area contributed by atoms with Gasteiger partial charge in [-0.2, -0.15) is 0 Å². The van der Waals surface area contributed by atoms with E-state index in [1.807, 2.05) is 52.0 Å². The highest BCUT2D eigenvalue weighted by Crippen LogP contribution is 2.37. The molecule has 1 heterocycles. The highest BCUT2D eigenvalue weighted by Gasteiger charge is 2.50. The molecule has 1 aliphatic heterocycles. The van der Waals surface area contributed by atoms with E-state index >= 15 is 0 Å². The molecular formula is C18H25BO5. The lowest BCUT2D eigenvalue weighted by Crippen LogP contribution is -2.41. The summed E-state index contributed by atoms with van der Waals surface area (Å²) in [7, 11) is 1.13. The molecule has 1 aromatic rings. The molecule has 5 nitrogen and oxygen atoms in total. The van der Waals surface area contributed by atoms with E-state index in [0.29, 0.717) is 0 Å². The van der Waals surface area contributed by atoms with E-state index in [0.717, 1.165) is 11.3 Å². The van der Waals surface area contributed by atoms with Crippen LogP contribution in [-0.4, -0.2) is 31.4 Å². The molecule has 6 heteroatoms. The first kappa shape index (κ1) is 18.6. The third kappa shape index (κ3) is 4.19. The number of benzene rings is 1. The molecule has 130 valence electrons. The van der Waals surface area contributed by atoms with E-state index in [4.69, 9.17) is 18.8 Å². The molecule has 0 radical (unpaired) electrons. The Morgan fingerprint density at radius 2 is 1.67 bits per heavy atom. The van der Waals surface area contributed by atoms with E-state index in [1.54, 1.807) is 19.2 Å². The topological polar surface area (TPSA) is 54.0 Å². The standard InChI is InChI=1S/C18H25BO5/c1-13(20)22-16(14-7-9-15(21-6)10-8-14)11-12-19-23-17(2,3)18(4,5)24-19/h7-12,16H,1-6H3/b12-11+. The van der Waals surface area contributed by atoms with Gasteiger partial charge in [0.05, 0.1) is 18.3 Å². The van der Waals surface area contributed by atoms with Crippen molar-refractivity contribution in [2.45, 2.75) is 51.9 Å². The van der Waals surface area contributed by atoms with Crippen LogP contribution in [0.15, 0.2) is 36.3 Å². The molecular weight excluding hydrogens is 307 g/mol. The van der Waals surface area contributed by atoms with Gasteiger partial charge in [-0.15, -0.1) is 0 Å². The van der Waals surface area contributed by atoms with Gasteiger partial charge in [0.2, 0.25) is 0 Å². The van der Waals surface area contributed by atoms with Gasteiger partial charge in [0.25, 0.3) is 0 Å². The second-order valence-electron chi connectivity index (χ2n) is 6.81. The van der Waals surface area contributed by atoms with E-state index in [2.05, 4.69) is 0 Å². The Morgan fingerprint density at radius 3 is 2.12 bits per heavy atom. The first-order valence-electron chi connectivity index (χ1n) is 8.00. The van der Waals surface area contributed by atoms with Crippen LogP contribution in [0.1, 0.15) is 46.3 Å². The molecule has 0 N–H and O–H groups in total. The van der Waals surface area contributed by atoms with Crippen molar-refractivity contribution in [3.8, 4) is 5.75 Å². The van der Waals surface area contributed by atoms with Gasteiger partial charge < -0.3 is 18.8 Å². The first-order valence-corrected chi connectivity index (χ1v) is 8.00. The van der Waals surface area contributed by atoms with Gasteiger partial charge in [-0.3, -0.25) is 4.79 Å². The minimum Gasteiger partial charge on any atom is -0.497 e. The molecule has 24 heavy (non-hydrogen) atoms. The fourth-order valence-electron chi connectivity index (χ4n) is 2.35. The summed E-state index contributed by atoms with van der Waals surface area (Å²) in [6.45, 7) is 9.36. The molecule has 1 aliphatic rings. The average molecular weight is 332 g/mol. The second-order valence-corrected chi connectivity index (χ2v) is 6.81. The molecule has 0 aromatic heterocycles. The lowest BCUT2D eigenvalue weighted by Gasteiger charge is -2.32. The molecule has 0 spiro atoms. The van der Waals surface area contributed by atoms with E-state index in [9.17, 15) is 4.79 Å². The maximum atomic E-state index is 11.4. The summed E-state index contributed by atoms with van der Waals surface area (Å²) in [4.78, 5) is 11.4. The van der Waals surface area contributed by atoms with Gasteiger partial charge >= 0.3 is 13.1 Å². The number of carbonyl (C=O) groups excluding carboxylic acids is 1.